The van der Waals surface area contributed by atoms with Crippen LogP contribution in [-0.2, 0) is 4.74 Å². The molecule has 0 aliphatic carbocycles. The number of aliphatic hydroxyl groups excluding tert-OH is 1. The minimum atomic E-state index is -6.14. The normalized spacial score (nSPS) is 18.0. The van der Waals surface area contributed by atoms with Crippen molar-refractivity contribution in [3.8, 4) is 0 Å². The first-order valence-electron chi connectivity index (χ1n) is 5.48. The lowest BCUT2D eigenvalue weighted by Gasteiger charge is -2.31. The molecule has 0 aliphatic rings. The first kappa shape index (κ1) is 18.2. The molecule has 7 nitrogen and oxygen atoms in total. The molecule has 13 heteroatoms. The van der Waals surface area contributed by atoms with Crippen LogP contribution in [0.4, 0.5) is 32.3 Å². The second kappa shape index (κ2) is 6.08. The monoisotopic (exact) mass is 337 g/mol. The molecule has 0 saturated carbocycles. The van der Waals surface area contributed by atoms with Crippen molar-refractivity contribution in [1.29, 1.82) is 0 Å². The van der Waals surface area contributed by atoms with Crippen molar-refractivity contribution in [1.82, 2.24) is 9.55 Å². The molecule has 0 aromatic carbocycles. The molecule has 1 rings (SSSR count). The highest BCUT2D eigenvalue weighted by Crippen LogP contribution is 2.43. The zero-order valence-corrected chi connectivity index (χ0v) is 10.7. The van der Waals surface area contributed by atoms with Crippen LogP contribution >= 0.6 is 0 Å². The zero-order chi connectivity index (χ0) is 17.3. The Kier molecular flexibility index (Phi) is 5.02. The highest BCUT2D eigenvalue weighted by Gasteiger charge is 2.66. The molecule has 3 atom stereocenters. The van der Waals surface area contributed by atoms with Crippen molar-refractivity contribution in [2.24, 2.45) is 0 Å². The summed E-state index contributed by atoms with van der Waals surface area (Å²) in [6.07, 6.45) is -13.8. The van der Waals surface area contributed by atoms with Gasteiger partial charge in [0, 0.05) is 0 Å². The minimum absolute atomic E-state index is 0.202. The number of aromatic nitrogens is 2. The first-order chi connectivity index (χ1) is 9.91. The van der Waals surface area contributed by atoms with Gasteiger partial charge in [0.05, 0.1) is 0 Å². The van der Waals surface area contributed by atoms with E-state index in [-0.39, 0.29) is 4.57 Å². The molecular formula is C9H9F6N3O4. The van der Waals surface area contributed by atoms with Gasteiger partial charge in [-0.1, -0.05) is 4.98 Å². The Hall–Kier alpha value is -1.89. The maximum atomic E-state index is 13.5. The lowest BCUT2D eigenvalue weighted by Crippen LogP contribution is -2.52. The second-order valence-corrected chi connectivity index (χ2v) is 4.08. The summed E-state index contributed by atoms with van der Waals surface area (Å²) in [4.78, 5) is 12.6. The van der Waals surface area contributed by atoms with Gasteiger partial charge >= 0.3 is 24.4 Å². The predicted octanol–water partition coefficient (Wildman–Crippen LogP) is 2.18. The molecule has 0 bridgehead atoms. The third-order valence-corrected chi connectivity index (χ3v) is 2.46. The molecule has 126 valence electrons. The molecule has 1 N–H and O–H groups in total. The summed E-state index contributed by atoms with van der Waals surface area (Å²) in [5.41, 5.74) is 0. The standard InChI is InChI=1S/C9H9F6N3O4/c1-4(19)5(17-3-2-16-7(17)18(20)21)22-8(12,6(10)11)9(13,14)15/h2-6,19H,1H3. The van der Waals surface area contributed by atoms with Gasteiger partial charge < -0.3 is 15.2 Å². The maximum absolute atomic E-state index is 13.5. The van der Waals surface area contributed by atoms with Crippen LogP contribution in [0.3, 0.4) is 0 Å². The van der Waals surface area contributed by atoms with E-state index in [0.717, 1.165) is 13.1 Å². The zero-order valence-electron chi connectivity index (χ0n) is 10.7. The third kappa shape index (κ3) is 3.30. The average Bonchev–Trinajstić information content (AvgIpc) is 2.82. The van der Waals surface area contributed by atoms with Crippen molar-refractivity contribution in [2.45, 2.75) is 37.7 Å². The Bertz CT molecular complexity index is 534. The van der Waals surface area contributed by atoms with Gasteiger partial charge in [-0.2, -0.15) is 22.1 Å². The van der Waals surface area contributed by atoms with Crippen LogP contribution in [0.25, 0.3) is 0 Å². The molecule has 1 heterocycles. The van der Waals surface area contributed by atoms with Crippen molar-refractivity contribution in [3.05, 3.63) is 22.5 Å². The van der Waals surface area contributed by atoms with Gasteiger partial charge in [-0.25, -0.2) is 8.78 Å². The third-order valence-electron chi connectivity index (χ3n) is 2.46. The van der Waals surface area contributed by atoms with E-state index in [9.17, 15) is 41.6 Å². The van der Waals surface area contributed by atoms with Crippen molar-refractivity contribution in [2.75, 3.05) is 0 Å². The number of rotatable bonds is 6. The summed E-state index contributed by atoms with van der Waals surface area (Å²) in [5.74, 6) is -6.54. The molecule has 3 unspecified atom stereocenters. The van der Waals surface area contributed by atoms with E-state index >= 15 is 0 Å². The molecule has 1 aromatic heterocycles. The molecule has 0 saturated heterocycles. The van der Waals surface area contributed by atoms with Crippen LogP contribution in [0.5, 0.6) is 0 Å². The van der Waals surface area contributed by atoms with Gasteiger partial charge in [0.15, 0.2) is 0 Å². The quantitative estimate of drug-likeness (QED) is 0.488. The van der Waals surface area contributed by atoms with Crippen LogP contribution in [0.1, 0.15) is 13.2 Å². The van der Waals surface area contributed by atoms with Gasteiger partial charge in [-0.05, 0) is 11.8 Å². The number of ether oxygens (including phenoxy) is 1. The lowest BCUT2D eigenvalue weighted by molar-refractivity contribution is -0.412. The van der Waals surface area contributed by atoms with Crippen LogP contribution in [0.2, 0.25) is 0 Å². The van der Waals surface area contributed by atoms with E-state index in [1.165, 1.54) is 0 Å². The van der Waals surface area contributed by atoms with Crippen LogP contribution < -0.4 is 0 Å². The SMILES string of the molecule is CC(O)C(OC(F)(C(F)F)C(F)(F)F)n1ccnc1[N+](=O)[O-]. The van der Waals surface area contributed by atoms with Gasteiger partial charge in [-0.3, -0.25) is 4.74 Å². The summed E-state index contributed by atoms with van der Waals surface area (Å²) in [5, 5.41) is 20.0. The summed E-state index contributed by atoms with van der Waals surface area (Å²) in [7, 11) is 0. The Morgan fingerprint density at radius 1 is 1.41 bits per heavy atom. The summed E-state index contributed by atoms with van der Waals surface area (Å²) < 4.78 is 79.7. The fourth-order valence-corrected chi connectivity index (χ4v) is 1.45. The maximum Gasteiger partial charge on any atom is 0.454 e. The van der Waals surface area contributed by atoms with Gasteiger partial charge in [0.1, 0.15) is 18.5 Å². The fourth-order valence-electron chi connectivity index (χ4n) is 1.45. The number of alkyl halides is 6. The molecule has 0 spiro atoms. The smallest absolute Gasteiger partial charge is 0.390 e. The number of nitrogens with zero attached hydrogens (tertiary/aromatic N) is 3. The molecule has 0 radical (unpaired) electrons. The molecule has 22 heavy (non-hydrogen) atoms. The van der Waals surface area contributed by atoms with Gasteiger partial charge in [-0.15, -0.1) is 0 Å². The lowest BCUT2D eigenvalue weighted by atomic mass is 10.2. The topological polar surface area (TPSA) is 90.4 Å². The number of aliphatic hydroxyl groups is 1. The predicted molar refractivity (Wildman–Crippen MR) is 56.6 cm³/mol. The van der Waals surface area contributed by atoms with Gasteiger partial charge in [0.25, 0.3) is 0 Å². The van der Waals surface area contributed by atoms with Crippen molar-refractivity contribution < 1.29 is 41.1 Å². The largest absolute Gasteiger partial charge is 0.454 e. The minimum Gasteiger partial charge on any atom is -0.390 e. The highest BCUT2D eigenvalue weighted by atomic mass is 19.4. The van der Waals surface area contributed by atoms with E-state index in [4.69, 9.17) is 0 Å². The summed E-state index contributed by atoms with van der Waals surface area (Å²) >= 11 is 0. The second-order valence-electron chi connectivity index (χ2n) is 4.08. The number of hydrogen-bond donors (Lipinski definition) is 1. The van der Waals surface area contributed by atoms with Gasteiger partial charge in [0.2, 0.25) is 6.23 Å². The number of halogens is 6. The molecule has 0 aliphatic heterocycles. The van der Waals surface area contributed by atoms with Crippen molar-refractivity contribution >= 4 is 5.95 Å². The van der Waals surface area contributed by atoms with E-state index < -0.39 is 41.7 Å². The number of nitro groups is 1. The Morgan fingerprint density at radius 2 is 1.95 bits per heavy atom. The number of hydrogen-bond acceptors (Lipinski definition) is 5. The van der Waals surface area contributed by atoms with E-state index in [1.807, 2.05) is 0 Å². The average molecular weight is 337 g/mol. The van der Waals surface area contributed by atoms with E-state index in [0.29, 0.717) is 6.20 Å². The summed E-state index contributed by atoms with van der Waals surface area (Å²) in [6.45, 7) is 0.774. The Morgan fingerprint density at radius 3 is 2.32 bits per heavy atom. The Balaban J connectivity index is 3.27. The molecule has 1 aromatic rings. The van der Waals surface area contributed by atoms with Crippen LogP contribution in [0, 0.1) is 10.1 Å². The van der Waals surface area contributed by atoms with Crippen LogP contribution in [-0.4, -0.2) is 44.1 Å². The molecular weight excluding hydrogens is 328 g/mol. The number of imidazole rings is 1. The molecule has 0 fully saturated rings. The van der Waals surface area contributed by atoms with E-state index in [1.54, 1.807) is 0 Å². The van der Waals surface area contributed by atoms with E-state index in [2.05, 4.69) is 9.72 Å². The molecule has 0 amide bonds. The Labute approximate surface area is 118 Å². The first-order valence-corrected chi connectivity index (χ1v) is 5.48. The van der Waals surface area contributed by atoms with Crippen molar-refractivity contribution in [3.63, 3.8) is 0 Å². The summed E-state index contributed by atoms with van der Waals surface area (Å²) in [6, 6.07) is 0. The fraction of sp³-hybridized carbons (Fsp3) is 0.667. The highest BCUT2D eigenvalue weighted by molar-refractivity contribution is 5.08. The van der Waals surface area contributed by atoms with Crippen LogP contribution in [0.15, 0.2) is 12.4 Å².